The van der Waals surface area contributed by atoms with Crippen molar-refractivity contribution >= 4 is 17.4 Å². The fourth-order valence-corrected chi connectivity index (χ4v) is 2.03. The van der Waals surface area contributed by atoms with Gasteiger partial charge in [0, 0.05) is 24.0 Å². The van der Waals surface area contributed by atoms with E-state index in [0.29, 0.717) is 6.04 Å². The van der Waals surface area contributed by atoms with Crippen molar-refractivity contribution in [1.29, 1.82) is 0 Å². The van der Waals surface area contributed by atoms with E-state index in [1.807, 2.05) is 24.3 Å². The molecule has 4 nitrogen and oxygen atoms in total. The predicted octanol–water partition coefficient (Wildman–Crippen LogP) is 2.75. The van der Waals surface area contributed by atoms with Gasteiger partial charge in [0.25, 0.3) is 0 Å². The first-order chi connectivity index (χ1) is 8.70. The largest absolute Gasteiger partial charge is 0.399 e. The van der Waals surface area contributed by atoms with Crippen LogP contribution in [0.4, 0.5) is 16.2 Å². The minimum atomic E-state index is 0.00585. The minimum Gasteiger partial charge on any atom is -0.399 e. The maximum atomic E-state index is 12.2. The zero-order chi connectivity index (χ0) is 13.0. The summed E-state index contributed by atoms with van der Waals surface area (Å²) in [5, 5.41) is 3.07. The van der Waals surface area contributed by atoms with Crippen LogP contribution in [0.5, 0.6) is 0 Å². The molecule has 1 aromatic rings. The number of hydrogen-bond acceptors (Lipinski definition) is 2. The van der Waals surface area contributed by atoms with E-state index in [0.717, 1.165) is 37.2 Å². The molecule has 0 spiro atoms. The first kappa shape index (κ1) is 12.7. The number of rotatable bonds is 4. The summed E-state index contributed by atoms with van der Waals surface area (Å²) in [5.41, 5.74) is 7.29. The number of nitrogens with zero attached hydrogens (tertiary/aromatic N) is 1. The highest BCUT2D eigenvalue weighted by atomic mass is 16.2. The SMILES string of the molecule is CCCN(C(=O)NC1CCC1)c1ccc(N)cc1. The van der Waals surface area contributed by atoms with Gasteiger partial charge in [-0.3, -0.25) is 4.90 Å². The van der Waals surface area contributed by atoms with Gasteiger partial charge in [-0.1, -0.05) is 6.92 Å². The van der Waals surface area contributed by atoms with Crippen molar-refractivity contribution in [3.8, 4) is 0 Å². The van der Waals surface area contributed by atoms with Crippen LogP contribution in [-0.4, -0.2) is 18.6 Å². The Hall–Kier alpha value is -1.71. The lowest BCUT2D eigenvalue weighted by Gasteiger charge is -2.30. The number of carbonyl (C=O) groups excluding carboxylic acids is 1. The fraction of sp³-hybridized carbons (Fsp3) is 0.500. The first-order valence-corrected chi connectivity index (χ1v) is 6.64. The summed E-state index contributed by atoms with van der Waals surface area (Å²) in [5.74, 6) is 0. The van der Waals surface area contributed by atoms with Crippen LogP contribution in [0.1, 0.15) is 32.6 Å². The second-order valence-electron chi connectivity index (χ2n) is 4.82. The summed E-state index contributed by atoms with van der Waals surface area (Å²) in [6.07, 6.45) is 4.37. The molecular formula is C14H21N3O. The second kappa shape index (κ2) is 5.76. The second-order valence-corrected chi connectivity index (χ2v) is 4.82. The number of nitrogen functional groups attached to an aromatic ring is 1. The fourth-order valence-electron chi connectivity index (χ4n) is 2.03. The molecule has 0 unspecified atom stereocenters. The van der Waals surface area contributed by atoms with Crippen LogP contribution in [0.25, 0.3) is 0 Å². The van der Waals surface area contributed by atoms with Crippen molar-refractivity contribution < 1.29 is 4.79 Å². The number of nitrogens with one attached hydrogen (secondary N) is 1. The topological polar surface area (TPSA) is 58.4 Å². The molecule has 0 aromatic heterocycles. The third-order valence-electron chi connectivity index (χ3n) is 3.33. The van der Waals surface area contributed by atoms with E-state index in [-0.39, 0.29) is 6.03 Å². The predicted molar refractivity (Wildman–Crippen MR) is 74.7 cm³/mol. The van der Waals surface area contributed by atoms with Gasteiger partial charge in [-0.2, -0.15) is 0 Å². The van der Waals surface area contributed by atoms with E-state index in [1.54, 1.807) is 4.90 Å². The first-order valence-electron chi connectivity index (χ1n) is 6.64. The van der Waals surface area contributed by atoms with Crippen LogP contribution in [0.3, 0.4) is 0 Å². The number of urea groups is 1. The number of benzene rings is 1. The van der Waals surface area contributed by atoms with Gasteiger partial charge in [-0.25, -0.2) is 4.79 Å². The Morgan fingerprint density at radius 2 is 2.06 bits per heavy atom. The molecule has 1 saturated carbocycles. The smallest absolute Gasteiger partial charge is 0.322 e. The molecule has 1 aromatic carbocycles. The van der Waals surface area contributed by atoms with Crippen molar-refractivity contribution in [2.75, 3.05) is 17.2 Å². The molecule has 0 heterocycles. The minimum absolute atomic E-state index is 0.00585. The van der Waals surface area contributed by atoms with Crippen LogP contribution < -0.4 is 16.0 Å². The Bertz CT molecular complexity index is 398. The van der Waals surface area contributed by atoms with Crippen LogP contribution >= 0.6 is 0 Å². The van der Waals surface area contributed by atoms with Crippen molar-refractivity contribution in [3.63, 3.8) is 0 Å². The van der Waals surface area contributed by atoms with Crippen molar-refractivity contribution in [2.24, 2.45) is 0 Å². The normalized spacial score (nSPS) is 14.9. The molecule has 1 fully saturated rings. The van der Waals surface area contributed by atoms with Gasteiger partial charge in [-0.05, 0) is 49.9 Å². The highest BCUT2D eigenvalue weighted by Gasteiger charge is 2.22. The number of carbonyl (C=O) groups is 1. The van der Waals surface area contributed by atoms with Gasteiger partial charge in [-0.15, -0.1) is 0 Å². The molecule has 18 heavy (non-hydrogen) atoms. The average Bonchev–Trinajstić information content (AvgIpc) is 2.32. The monoisotopic (exact) mass is 247 g/mol. The molecule has 4 heteroatoms. The maximum absolute atomic E-state index is 12.2. The average molecular weight is 247 g/mol. The standard InChI is InChI=1S/C14H21N3O/c1-2-10-17(13-8-6-11(15)7-9-13)14(18)16-12-4-3-5-12/h6-9,12H,2-5,10,15H2,1H3,(H,16,18). The molecule has 1 aliphatic carbocycles. The van der Waals surface area contributed by atoms with Crippen LogP contribution in [0, 0.1) is 0 Å². The van der Waals surface area contributed by atoms with Crippen LogP contribution in [0.2, 0.25) is 0 Å². The third kappa shape index (κ3) is 2.94. The third-order valence-corrected chi connectivity index (χ3v) is 3.33. The van der Waals surface area contributed by atoms with E-state index >= 15 is 0 Å². The number of amides is 2. The molecule has 98 valence electrons. The summed E-state index contributed by atoms with van der Waals surface area (Å²) < 4.78 is 0. The molecule has 1 aliphatic rings. The van der Waals surface area contributed by atoms with E-state index in [2.05, 4.69) is 12.2 Å². The highest BCUT2D eigenvalue weighted by molar-refractivity contribution is 5.92. The summed E-state index contributed by atoms with van der Waals surface area (Å²) in [6.45, 7) is 2.80. The lowest BCUT2D eigenvalue weighted by molar-refractivity contribution is 0.234. The molecule has 3 N–H and O–H groups in total. The summed E-state index contributed by atoms with van der Waals surface area (Å²) in [4.78, 5) is 14.0. The summed E-state index contributed by atoms with van der Waals surface area (Å²) >= 11 is 0. The van der Waals surface area contributed by atoms with E-state index < -0.39 is 0 Å². The van der Waals surface area contributed by atoms with Gasteiger partial charge in [0.15, 0.2) is 0 Å². The van der Waals surface area contributed by atoms with Crippen molar-refractivity contribution in [3.05, 3.63) is 24.3 Å². The van der Waals surface area contributed by atoms with E-state index in [4.69, 9.17) is 5.73 Å². The molecule has 2 rings (SSSR count). The van der Waals surface area contributed by atoms with Crippen LogP contribution in [0.15, 0.2) is 24.3 Å². The van der Waals surface area contributed by atoms with Crippen molar-refractivity contribution in [1.82, 2.24) is 5.32 Å². The maximum Gasteiger partial charge on any atom is 0.322 e. The van der Waals surface area contributed by atoms with Crippen LogP contribution in [-0.2, 0) is 0 Å². The Balaban J connectivity index is 2.05. The van der Waals surface area contributed by atoms with Gasteiger partial charge in [0.1, 0.15) is 0 Å². The molecule has 0 aliphatic heterocycles. The van der Waals surface area contributed by atoms with Gasteiger partial charge in [0.05, 0.1) is 0 Å². The number of anilines is 2. The number of nitrogens with two attached hydrogens (primary N) is 1. The molecule has 0 radical (unpaired) electrons. The van der Waals surface area contributed by atoms with Crippen molar-refractivity contribution in [2.45, 2.75) is 38.6 Å². The van der Waals surface area contributed by atoms with E-state index in [1.165, 1.54) is 6.42 Å². The lowest BCUT2D eigenvalue weighted by Crippen LogP contribution is -2.47. The molecule has 0 atom stereocenters. The quantitative estimate of drug-likeness (QED) is 0.804. The Morgan fingerprint density at radius 3 is 2.56 bits per heavy atom. The Morgan fingerprint density at radius 1 is 1.39 bits per heavy atom. The number of hydrogen-bond donors (Lipinski definition) is 2. The Labute approximate surface area is 108 Å². The summed E-state index contributed by atoms with van der Waals surface area (Å²) in [7, 11) is 0. The molecular weight excluding hydrogens is 226 g/mol. The molecule has 0 saturated heterocycles. The highest BCUT2D eigenvalue weighted by Crippen LogP contribution is 2.21. The van der Waals surface area contributed by atoms with E-state index in [9.17, 15) is 4.79 Å². The van der Waals surface area contributed by atoms with Gasteiger partial charge in [0.2, 0.25) is 0 Å². The Kier molecular flexibility index (Phi) is 4.07. The summed E-state index contributed by atoms with van der Waals surface area (Å²) in [6, 6.07) is 7.82. The molecule has 0 bridgehead atoms. The molecule has 2 amide bonds. The zero-order valence-corrected chi connectivity index (χ0v) is 10.9. The van der Waals surface area contributed by atoms with Gasteiger partial charge < -0.3 is 11.1 Å². The zero-order valence-electron chi connectivity index (χ0n) is 10.9. The van der Waals surface area contributed by atoms with Gasteiger partial charge >= 0.3 is 6.03 Å². The lowest BCUT2D eigenvalue weighted by atomic mass is 9.93.